The lowest BCUT2D eigenvalue weighted by molar-refractivity contribution is -0.116. The number of hydrogen-bond donors (Lipinski definition) is 2. The summed E-state index contributed by atoms with van der Waals surface area (Å²) < 4.78 is 19.2. The van der Waals surface area contributed by atoms with E-state index in [9.17, 15) is 9.18 Å². The maximum atomic E-state index is 13.9. The summed E-state index contributed by atoms with van der Waals surface area (Å²) in [6, 6.07) is 3.34. The maximum absolute atomic E-state index is 13.9. The fourth-order valence-electron chi connectivity index (χ4n) is 2.38. The first-order valence-electron chi connectivity index (χ1n) is 6.19. The Balaban J connectivity index is 1.85. The smallest absolute Gasteiger partial charge is 0.224 e. The van der Waals surface area contributed by atoms with E-state index in [1.807, 2.05) is 0 Å². The molecule has 2 N–H and O–H groups in total. The van der Waals surface area contributed by atoms with Crippen molar-refractivity contribution >= 4 is 17.3 Å². The number of benzene rings is 1. The first-order chi connectivity index (χ1) is 8.72. The molecule has 0 saturated carbocycles. The van der Waals surface area contributed by atoms with Crippen molar-refractivity contribution in [2.24, 2.45) is 0 Å². The number of carbonyl (C=O) groups is 1. The fourth-order valence-corrected chi connectivity index (χ4v) is 2.38. The highest BCUT2D eigenvalue weighted by Crippen LogP contribution is 2.29. The van der Waals surface area contributed by atoms with Crippen molar-refractivity contribution in [1.29, 1.82) is 0 Å². The van der Waals surface area contributed by atoms with Gasteiger partial charge in [0, 0.05) is 18.7 Å². The second-order valence-electron chi connectivity index (χ2n) is 4.74. The van der Waals surface area contributed by atoms with Gasteiger partial charge in [0.2, 0.25) is 5.91 Å². The number of anilines is 2. The van der Waals surface area contributed by atoms with Gasteiger partial charge in [-0.2, -0.15) is 0 Å². The number of aryl methyl sites for hydroxylation is 1. The Bertz CT molecular complexity index is 484. The molecule has 2 aliphatic rings. The zero-order valence-corrected chi connectivity index (χ0v) is 9.96. The number of hydrogen-bond acceptors (Lipinski definition) is 3. The predicted octanol–water partition coefficient (Wildman–Crippen LogP) is 1.91. The SMILES string of the molecule is O=C1CCc2cc(F)c(NC3CCOC3)cc2N1. The van der Waals surface area contributed by atoms with Crippen LogP contribution in [0.25, 0.3) is 0 Å². The van der Waals surface area contributed by atoms with E-state index in [1.54, 1.807) is 6.07 Å². The van der Waals surface area contributed by atoms with E-state index in [2.05, 4.69) is 10.6 Å². The van der Waals surface area contributed by atoms with Crippen LogP contribution in [-0.2, 0) is 16.0 Å². The summed E-state index contributed by atoms with van der Waals surface area (Å²) in [5, 5.41) is 5.90. The van der Waals surface area contributed by atoms with Gasteiger partial charge >= 0.3 is 0 Å². The molecule has 0 radical (unpaired) electrons. The van der Waals surface area contributed by atoms with E-state index < -0.39 is 0 Å². The molecule has 1 atom stereocenters. The fraction of sp³-hybridized carbons (Fsp3) is 0.462. The van der Waals surface area contributed by atoms with Gasteiger partial charge in [-0.3, -0.25) is 4.79 Å². The Morgan fingerprint density at radius 1 is 1.39 bits per heavy atom. The lowest BCUT2D eigenvalue weighted by Gasteiger charge is -2.20. The molecule has 1 fully saturated rings. The van der Waals surface area contributed by atoms with Gasteiger partial charge in [-0.15, -0.1) is 0 Å². The van der Waals surface area contributed by atoms with Crippen molar-refractivity contribution in [1.82, 2.24) is 0 Å². The van der Waals surface area contributed by atoms with Crippen LogP contribution in [0.1, 0.15) is 18.4 Å². The van der Waals surface area contributed by atoms with Crippen LogP contribution >= 0.6 is 0 Å². The van der Waals surface area contributed by atoms with Gasteiger partial charge in [0.1, 0.15) is 5.82 Å². The Morgan fingerprint density at radius 3 is 3.06 bits per heavy atom. The topological polar surface area (TPSA) is 50.4 Å². The van der Waals surface area contributed by atoms with Crippen LogP contribution in [0, 0.1) is 5.82 Å². The van der Waals surface area contributed by atoms with E-state index in [0.717, 1.165) is 12.0 Å². The largest absolute Gasteiger partial charge is 0.379 e. The molecular formula is C13H15FN2O2. The van der Waals surface area contributed by atoms with Crippen molar-refractivity contribution < 1.29 is 13.9 Å². The summed E-state index contributed by atoms with van der Waals surface area (Å²) in [6.45, 7) is 1.31. The molecule has 18 heavy (non-hydrogen) atoms. The average molecular weight is 250 g/mol. The van der Waals surface area contributed by atoms with E-state index in [4.69, 9.17) is 4.74 Å². The summed E-state index contributed by atoms with van der Waals surface area (Å²) in [6.07, 6.45) is 1.91. The quantitative estimate of drug-likeness (QED) is 0.843. The Labute approximate surface area is 105 Å². The molecule has 4 nitrogen and oxygen atoms in total. The van der Waals surface area contributed by atoms with Gasteiger partial charge in [0.15, 0.2) is 0 Å². The lowest BCUT2D eigenvalue weighted by atomic mass is 10.0. The molecule has 96 valence electrons. The van der Waals surface area contributed by atoms with Gasteiger partial charge in [0.25, 0.3) is 0 Å². The van der Waals surface area contributed by atoms with Crippen LogP contribution in [-0.4, -0.2) is 25.2 Å². The summed E-state index contributed by atoms with van der Waals surface area (Å²) in [7, 11) is 0. The summed E-state index contributed by atoms with van der Waals surface area (Å²) >= 11 is 0. The first-order valence-corrected chi connectivity index (χ1v) is 6.19. The van der Waals surface area contributed by atoms with Crippen LogP contribution in [0.5, 0.6) is 0 Å². The minimum atomic E-state index is -0.267. The molecule has 2 heterocycles. The molecular weight excluding hydrogens is 235 g/mol. The molecule has 3 rings (SSSR count). The van der Waals surface area contributed by atoms with E-state index in [1.165, 1.54) is 6.07 Å². The van der Waals surface area contributed by atoms with E-state index >= 15 is 0 Å². The van der Waals surface area contributed by atoms with Crippen LogP contribution < -0.4 is 10.6 Å². The molecule has 0 spiro atoms. The number of nitrogens with one attached hydrogen (secondary N) is 2. The summed E-state index contributed by atoms with van der Waals surface area (Å²) in [4.78, 5) is 11.3. The van der Waals surface area contributed by atoms with E-state index in [0.29, 0.717) is 37.4 Å². The van der Waals surface area contributed by atoms with Crippen LogP contribution in [0.3, 0.4) is 0 Å². The van der Waals surface area contributed by atoms with Crippen molar-refractivity contribution in [3.8, 4) is 0 Å². The third kappa shape index (κ3) is 2.18. The lowest BCUT2D eigenvalue weighted by Crippen LogP contribution is -2.22. The van der Waals surface area contributed by atoms with Crippen LogP contribution in [0.15, 0.2) is 12.1 Å². The van der Waals surface area contributed by atoms with Crippen molar-refractivity contribution in [3.05, 3.63) is 23.5 Å². The zero-order chi connectivity index (χ0) is 12.5. The predicted molar refractivity (Wildman–Crippen MR) is 66.2 cm³/mol. The number of fused-ring (bicyclic) bond motifs is 1. The Kier molecular flexibility index (Phi) is 2.91. The second kappa shape index (κ2) is 4.57. The molecule has 1 saturated heterocycles. The van der Waals surface area contributed by atoms with Gasteiger partial charge in [-0.05, 0) is 30.5 Å². The van der Waals surface area contributed by atoms with Crippen molar-refractivity contribution in [2.45, 2.75) is 25.3 Å². The van der Waals surface area contributed by atoms with Gasteiger partial charge < -0.3 is 15.4 Å². The molecule has 2 aliphatic heterocycles. The van der Waals surface area contributed by atoms with Crippen LogP contribution in [0.2, 0.25) is 0 Å². The maximum Gasteiger partial charge on any atom is 0.224 e. The molecule has 0 aromatic heterocycles. The normalized spacial score (nSPS) is 22.5. The van der Waals surface area contributed by atoms with Gasteiger partial charge in [-0.1, -0.05) is 0 Å². The average Bonchev–Trinajstić information content (AvgIpc) is 2.83. The van der Waals surface area contributed by atoms with Crippen LogP contribution in [0.4, 0.5) is 15.8 Å². The molecule has 5 heteroatoms. The highest BCUT2D eigenvalue weighted by Gasteiger charge is 2.20. The Morgan fingerprint density at radius 2 is 2.28 bits per heavy atom. The third-order valence-corrected chi connectivity index (χ3v) is 3.38. The number of ether oxygens (including phenoxy) is 1. The molecule has 1 amide bonds. The monoisotopic (exact) mass is 250 g/mol. The Hall–Kier alpha value is -1.62. The van der Waals surface area contributed by atoms with E-state index in [-0.39, 0.29) is 17.8 Å². The minimum Gasteiger partial charge on any atom is -0.379 e. The van der Waals surface area contributed by atoms with Crippen molar-refractivity contribution in [2.75, 3.05) is 23.8 Å². The van der Waals surface area contributed by atoms with Crippen molar-refractivity contribution in [3.63, 3.8) is 0 Å². The number of amides is 1. The standard InChI is InChI=1S/C13H15FN2O2/c14-10-5-8-1-2-13(17)16-11(8)6-12(10)15-9-3-4-18-7-9/h5-6,9,15H,1-4,7H2,(H,16,17). The summed E-state index contributed by atoms with van der Waals surface area (Å²) in [5.74, 6) is -0.277. The third-order valence-electron chi connectivity index (χ3n) is 3.38. The van der Waals surface area contributed by atoms with Gasteiger partial charge in [0.05, 0.1) is 18.3 Å². The number of halogens is 1. The molecule has 0 bridgehead atoms. The highest BCUT2D eigenvalue weighted by atomic mass is 19.1. The zero-order valence-electron chi connectivity index (χ0n) is 9.96. The molecule has 1 unspecified atom stereocenters. The minimum absolute atomic E-state index is 0.00995. The molecule has 1 aromatic carbocycles. The van der Waals surface area contributed by atoms with Gasteiger partial charge in [-0.25, -0.2) is 4.39 Å². The number of carbonyl (C=O) groups excluding carboxylic acids is 1. The molecule has 1 aromatic rings. The second-order valence-corrected chi connectivity index (χ2v) is 4.74. The first kappa shape index (κ1) is 11.5. The number of rotatable bonds is 2. The highest BCUT2D eigenvalue weighted by molar-refractivity contribution is 5.94. The molecule has 0 aliphatic carbocycles. The summed E-state index contributed by atoms with van der Waals surface area (Å²) in [5.41, 5.74) is 2.01.